The summed E-state index contributed by atoms with van der Waals surface area (Å²) in [6.45, 7) is 5.48. The molecule has 1 fully saturated rings. The van der Waals surface area contributed by atoms with E-state index in [4.69, 9.17) is 4.74 Å². The number of aromatic amines is 1. The minimum absolute atomic E-state index is 0.167. The molecule has 1 aliphatic rings. The van der Waals surface area contributed by atoms with E-state index < -0.39 is 0 Å². The van der Waals surface area contributed by atoms with Crippen molar-refractivity contribution in [2.24, 2.45) is 0 Å². The average molecular weight is 371 g/mol. The van der Waals surface area contributed by atoms with E-state index in [1.165, 1.54) is 6.07 Å². The number of amides is 1. The number of para-hydroxylation sites is 1. The molecule has 1 aliphatic heterocycles. The summed E-state index contributed by atoms with van der Waals surface area (Å²) in [5.41, 5.74) is 1.64. The highest BCUT2D eigenvalue weighted by Crippen LogP contribution is 2.22. The van der Waals surface area contributed by atoms with Gasteiger partial charge < -0.3 is 19.9 Å². The fourth-order valence-electron chi connectivity index (χ4n) is 3.12. The number of rotatable bonds is 5. The predicted molar refractivity (Wildman–Crippen MR) is 103 cm³/mol. The predicted octanol–water partition coefficient (Wildman–Crippen LogP) is 0.769. The molecule has 1 aromatic carbocycles. The fraction of sp³-hybridized carbons (Fsp3) is 0.421. The van der Waals surface area contributed by atoms with E-state index >= 15 is 0 Å². The van der Waals surface area contributed by atoms with Gasteiger partial charge in [0, 0.05) is 32.2 Å². The largest absolute Gasteiger partial charge is 0.496 e. The number of H-pyrrole nitrogens is 1. The third-order valence-corrected chi connectivity index (χ3v) is 4.68. The maximum atomic E-state index is 12.5. The summed E-state index contributed by atoms with van der Waals surface area (Å²) in [5.74, 6) is 0.832. The van der Waals surface area contributed by atoms with E-state index in [-0.39, 0.29) is 18.0 Å². The van der Waals surface area contributed by atoms with Crippen LogP contribution in [0.4, 0.5) is 5.95 Å². The molecule has 2 aromatic rings. The zero-order valence-electron chi connectivity index (χ0n) is 15.9. The number of carbonyl (C=O) groups is 1. The standard InChI is InChI=1S/C19H25N5O3/c1-13-5-4-6-15(17(13)27-3)18(26)20-12-14-11-16(25)22-19(21-14)24-9-7-23(2)8-10-24/h4-6,11H,7-10,12H2,1-3H3,(H,20,26)(H,21,22,25). The molecule has 0 bridgehead atoms. The number of anilines is 1. The summed E-state index contributed by atoms with van der Waals surface area (Å²) in [6.07, 6.45) is 0. The summed E-state index contributed by atoms with van der Waals surface area (Å²) < 4.78 is 5.33. The molecule has 1 aromatic heterocycles. The van der Waals surface area contributed by atoms with E-state index in [9.17, 15) is 9.59 Å². The van der Waals surface area contributed by atoms with Crippen molar-refractivity contribution in [3.63, 3.8) is 0 Å². The van der Waals surface area contributed by atoms with Gasteiger partial charge in [-0.15, -0.1) is 0 Å². The Balaban J connectivity index is 1.72. The topological polar surface area (TPSA) is 90.6 Å². The second-order valence-electron chi connectivity index (χ2n) is 6.69. The summed E-state index contributed by atoms with van der Waals surface area (Å²) in [4.78, 5) is 36.1. The van der Waals surface area contributed by atoms with Crippen LogP contribution in [0, 0.1) is 6.92 Å². The number of ether oxygens (including phenoxy) is 1. The van der Waals surface area contributed by atoms with Crippen LogP contribution in [0.3, 0.4) is 0 Å². The lowest BCUT2D eigenvalue weighted by Crippen LogP contribution is -2.45. The summed E-state index contributed by atoms with van der Waals surface area (Å²) in [5, 5.41) is 2.82. The molecule has 144 valence electrons. The Bertz CT molecular complexity index is 872. The first-order chi connectivity index (χ1) is 13.0. The van der Waals surface area contributed by atoms with Gasteiger partial charge in [0.1, 0.15) is 5.75 Å². The Morgan fingerprint density at radius 3 is 2.74 bits per heavy atom. The number of aryl methyl sites for hydroxylation is 1. The first-order valence-corrected chi connectivity index (χ1v) is 8.93. The van der Waals surface area contributed by atoms with E-state index in [0.717, 1.165) is 31.7 Å². The maximum absolute atomic E-state index is 12.5. The number of benzene rings is 1. The lowest BCUT2D eigenvalue weighted by atomic mass is 10.1. The molecule has 0 radical (unpaired) electrons. The van der Waals surface area contributed by atoms with Gasteiger partial charge in [-0.3, -0.25) is 14.6 Å². The van der Waals surface area contributed by atoms with Crippen molar-refractivity contribution in [1.29, 1.82) is 0 Å². The molecule has 8 heteroatoms. The quantitative estimate of drug-likeness (QED) is 0.807. The normalized spacial score (nSPS) is 14.9. The Morgan fingerprint density at radius 1 is 1.30 bits per heavy atom. The number of nitrogens with zero attached hydrogens (tertiary/aromatic N) is 3. The zero-order chi connectivity index (χ0) is 19.4. The Kier molecular flexibility index (Phi) is 5.75. The third-order valence-electron chi connectivity index (χ3n) is 4.68. The van der Waals surface area contributed by atoms with Crippen LogP contribution in [-0.4, -0.2) is 61.1 Å². The molecular weight excluding hydrogens is 346 g/mol. The van der Waals surface area contributed by atoms with Crippen molar-refractivity contribution < 1.29 is 9.53 Å². The Morgan fingerprint density at radius 2 is 2.04 bits per heavy atom. The first kappa shape index (κ1) is 18.9. The number of likely N-dealkylation sites (N-methyl/N-ethyl adjacent to an activating group) is 1. The van der Waals surface area contributed by atoms with Crippen LogP contribution < -0.4 is 20.5 Å². The molecule has 2 heterocycles. The van der Waals surface area contributed by atoms with Crippen molar-refractivity contribution in [2.45, 2.75) is 13.5 Å². The highest BCUT2D eigenvalue weighted by atomic mass is 16.5. The first-order valence-electron chi connectivity index (χ1n) is 8.93. The van der Waals surface area contributed by atoms with Crippen molar-refractivity contribution in [2.75, 3.05) is 45.2 Å². The summed E-state index contributed by atoms with van der Waals surface area (Å²) in [7, 11) is 3.61. The number of aromatic nitrogens is 2. The van der Waals surface area contributed by atoms with Gasteiger partial charge in [-0.2, -0.15) is 0 Å². The number of nitrogens with one attached hydrogen (secondary N) is 2. The fourth-order valence-corrected chi connectivity index (χ4v) is 3.12. The number of carbonyl (C=O) groups excluding carboxylic acids is 1. The van der Waals surface area contributed by atoms with Gasteiger partial charge in [-0.25, -0.2) is 4.98 Å². The molecule has 0 unspecified atom stereocenters. The van der Waals surface area contributed by atoms with Crippen LogP contribution in [0.25, 0.3) is 0 Å². The molecule has 0 aliphatic carbocycles. The summed E-state index contributed by atoms with van der Waals surface area (Å²) >= 11 is 0. The molecule has 1 saturated heterocycles. The number of piperazine rings is 1. The minimum atomic E-state index is -0.265. The molecule has 0 saturated carbocycles. The lowest BCUT2D eigenvalue weighted by molar-refractivity contribution is 0.0947. The zero-order valence-corrected chi connectivity index (χ0v) is 15.9. The van der Waals surface area contributed by atoms with Crippen molar-refractivity contribution >= 4 is 11.9 Å². The summed E-state index contributed by atoms with van der Waals surface area (Å²) in [6, 6.07) is 6.81. The molecule has 8 nitrogen and oxygen atoms in total. The second kappa shape index (κ2) is 8.22. The minimum Gasteiger partial charge on any atom is -0.496 e. The Labute approximate surface area is 158 Å². The van der Waals surface area contributed by atoms with Gasteiger partial charge in [0.25, 0.3) is 11.5 Å². The van der Waals surface area contributed by atoms with Gasteiger partial charge in [-0.1, -0.05) is 12.1 Å². The highest BCUT2D eigenvalue weighted by molar-refractivity contribution is 5.97. The van der Waals surface area contributed by atoms with Crippen molar-refractivity contribution in [1.82, 2.24) is 20.2 Å². The molecule has 3 rings (SSSR count). The molecule has 1 amide bonds. The lowest BCUT2D eigenvalue weighted by Gasteiger charge is -2.32. The molecular formula is C19H25N5O3. The third kappa shape index (κ3) is 4.46. The molecule has 2 N–H and O–H groups in total. The maximum Gasteiger partial charge on any atom is 0.255 e. The molecule has 0 atom stereocenters. The van der Waals surface area contributed by atoms with Gasteiger partial charge in [0.2, 0.25) is 5.95 Å². The smallest absolute Gasteiger partial charge is 0.255 e. The van der Waals surface area contributed by atoms with E-state index in [1.54, 1.807) is 13.2 Å². The SMILES string of the molecule is COc1c(C)cccc1C(=O)NCc1cc(=O)[nH]c(N2CCN(C)CC2)n1. The molecule has 27 heavy (non-hydrogen) atoms. The van der Waals surface area contributed by atoms with Crippen LogP contribution in [0.5, 0.6) is 5.75 Å². The van der Waals surface area contributed by atoms with Crippen molar-refractivity contribution in [3.8, 4) is 5.75 Å². The number of hydrogen-bond acceptors (Lipinski definition) is 6. The van der Waals surface area contributed by atoms with E-state index in [1.807, 2.05) is 19.1 Å². The van der Waals surface area contributed by atoms with Crippen LogP contribution in [0.15, 0.2) is 29.1 Å². The van der Waals surface area contributed by atoms with Crippen LogP contribution >= 0.6 is 0 Å². The number of methoxy groups -OCH3 is 1. The van der Waals surface area contributed by atoms with Crippen molar-refractivity contribution in [3.05, 3.63) is 51.4 Å². The average Bonchev–Trinajstić information content (AvgIpc) is 2.66. The second-order valence-corrected chi connectivity index (χ2v) is 6.69. The molecule has 0 spiro atoms. The Hall–Kier alpha value is -2.87. The number of hydrogen-bond donors (Lipinski definition) is 2. The van der Waals surface area contributed by atoms with Crippen LogP contribution in [0.1, 0.15) is 21.6 Å². The van der Waals surface area contributed by atoms with Crippen LogP contribution in [-0.2, 0) is 6.54 Å². The highest BCUT2D eigenvalue weighted by Gasteiger charge is 2.18. The van der Waals surface area contributed by atoms with Crippen LogP contribution in [0.2, 0.25) is 0 Å². The van der Waals surface area contributed by atoms with E-state index in [0.29, 0.717) is 23.0 Å². The van der Waals surface area contributed by atoms with Gasteiger partial charge >= 0.3 is 0 Å². The van der Waals surface area contributed by atoms with E-state index in [2.05, 4.69) is 32.1 Å². The van der Waals surface area contributed by atoms with Gasteiger partial charge in [0.15, 0.2) is 0 Å². The van der Waals surface area contributed by atoms with Gasteiger partial charge in [0.05, 0.1) is 24.9 Å². The van der Waals surface area contributed by atoms with Gasteiger partial charge in [-0.05, 0) is 25.6 Å². The monoisotopic (exact) mass is 371 g/mol.